The fraction of sp³-hybridized carbons (Fsp3) is 0.400. The van der Waals surface area contributed by atoms with E-state index in [9.17, 15) is 9.50 Å². The van der Waals surface area contributed by atoms with Gasteiger partial charge in [0.05, 0.1) is 12.1 Å². The molecule has 1 aromatic carbocycles. The van der Waals surface area contributed by atoms with Crippen molar-refractivity contribution in [2.75, 3.05) is 0 Å². The second-order valence-electron chi connectivity index (χ2n) is 3.32. The van der Waals surface area contributed by atoms with Gasteiger partial charge in [0.25, 0.3) is 0 Å². The predicted molar refractivity (Wildman–Crippen MR) is 52.9 cm³/mol. The Morgan fingerprint density at radius 3 is 2.57 bits per heavy atom. The third-order valence-corrected chi connectivity index (χ3v) is 2.20. The molecule has 0 aliphatic carbocycles. The van der Waals surface area contributed by atoms with Crippen molar-refractivity contribution in [3.05, 3.63) is 35.1 Å². The lowest BCUT2D eigenvalue weighted by Gasteiger charge is -2.15. The van der Waals surface area contributed by atoms with Crippen molar-refractivity contribution in [2.24, 2.45) is 11.5 Å². The van der Waals surface area contributed by atoms with Gasteiger partial charge in [0.2, 0.25) is 0 Å². The van der Waals surface area contributed by atoms with E-state index in [0.717, 1.165) is 0 Å². The second-order valence-corrected chi connectivity index (χ2v) is 3.32. The molecule has 0 saturated heterocycles. The van der Waals surface area contributed by atoms with Gasteiger partial charge in [-0.2, -0.15) is 0 Å². The SMILES string of the molecule is CC(O)C(N)c1ccc(CN)c(F)c1. The van der Waals surface area contributed by atoms with E-state index in [4.69, 9.17) is 11.5 Å². The molecule has 4 heteroatoms. The number of halogens is 1. The predicted octanol–water partition coefficient (Wildman–Crippen LogP) is 0.665. The van der Waals surface area contributed by atoms with Crippen LogP contribution in [0.15, 0.2) is 18.2 Å². The van der Waals surface area contributed by atoms with Gasteiger partial charge in [-0.05, 0) is 18.6 Å². The molecule has 78 valence electrons. The summed E-state index contributed by atoms with van der Waals surface area (Å²) in [5.41, 5.74) is 12.0. The van der Waals surface area contributed by atoms with Gasteiger partial charge in [-0.25, -0.2) is 4.39 Å². The van der Waals surface area contributed by atoms with Crippen molar-refractivity contribution < 1.29 is 9.50 Å². The van der Waals surface area contributed by atoms with Gasteiger partial charge in [-0.3, -0.25) is 0 Å². The fourth-order valence-electron chi connectivity index (χ4n) is 1.21. The van der Waals surface area contributed by atoms with Crippen LogP contribution < -0.4 is 11.5 Å². The summed E-state index contributed by atoms with van der Waals surface area (Å²) in [6, 6.07) is 4.03. The average Bonchev–Trinajstić information content (AvgIpc) is 2.16. The number of aliphatic hydroxyl groups is 1. The third kappa shape index (κ3) is 2.29. The first-order chi connectivity index (χ1) is 6.56. The standard InChI is InChI=1S/C10H15FN2O/c1-6(14)10(13)7-2-3-8(5-12)9(11)4-7/h2-4,6,10,14H,5,12-13H2,1H3. The van der Waals surface area contributed by atoms with E-state index in [1.165, 1.54) is 6.07 Å². The molecular weight excluding hydrogens is 183 g/mol. The van der Waals surface area contributed by atoms with E-state index < -0.39 is 12.1 Å². The van der Waals surface area contributed by atoms with Crippen LogP contribution in [0.5, 0.6) is 0 Å². The van der Waals surface area contributed by atoms with Crippen LogP contribution in [-0.4, -0.2) is 11.2 Å². The zero-order chi connectivity index (χ0) is 10.7. The summed E-state index contributed by atoms with van der Waals surface area (Å²) >= 11 is 0. The molecule has 0 heterocycles. The number of hydrogen-bond donors (Lipinski definition) is 3. The minimum Gasteiger partial charge on any atom is -0.391 e. The molecule has 0 aliphatic rings. The summed E-state index contributed by atoms with van der Waals surface area (Å²) in [5.74, 6) is -0.374. The number of aliphatic hydroxyl groups excluding tert-OH is 1. The van der Waals surface area contributed by atoms with Crippen molar-refractivity contribution in [3.63, 3.8) is 0 Å². The molecule has 5 N–H and O–H groups in total. The molecule has 1 rings (SSSR count). The van der Waals surface area contributed by atoms with Gasteiger partial charge in [-0.1, -0.05) is 12.1 Å². The first kappa shape index (κ1) is 11.1. The lowest BCUT2D eigenvalue weighted by Crippen LogP contribution is -2.23. The lowest BCUT2D eigenvalue weighted by atomic mass is 10.0. The van der Waals surface area contributed by atoms with Gasteiger partial charge in [0, 0.05) is 12.1 Å². The van der Waals surface area contributed by atoms with E-state index in [1.54, 1.807) is 19.1 Å². The smallest absolute Gasteiger partial charge is 0.128 e. The van der Waals surface area contributed by atoms with Crippen LogP contribution >= 0.6 is 0 Å². The monoisotopic (exact) mass is 198 g/mol. The first-order valence-corrected chi connectivity index (χ1v) is 4.48. The molecule has 0 aromatic heterocycles. The summed E-state index contributed by atoms with van der Waals surface area (Å²) in [6.45, 7) is 1.73. The maximum Gasteiger partial charge on any atom is 0.128 e. The zero-order valence-corrected chi connectivity index (χ0v) is 8.07. The van der Waals surface area contributed by atoms with E-state index in [2.05, 4.69) is 0 Å². The minimum atomic E-state index is -0.696. The Kier molecular flexibility index (Phi) is 3.57. The molecule has 2 unspecified atom stereocenters. The highest BCUT2D eigenvalue weighted by atomic mass is 19.1. The maximum atomic E-state index is 13.3. The maximum absolute atomic E-state index is 13.3. The van der Waals surface area contributed by atoms with Gasteiger partial charge in [0.15, 0.2) is 0 Å². The Labute approximate surface area is 82.5 Å². The topological polar surface area (TPSA) is 72.3 Å². The third-order valence-electron chi connectivity index (χ3n) is 2.20. The Bertz CT molecular complexity index is 315. The summed E-state index contributed by atoms with van der Waals surface area (Å²) < 4.78 is 13.3. The minimum absolute atomic E-state index is 0.163. The average molecular weight is 198 g/mol. The van der Waals surface area contributed by atoms with E-state index in [1.807, 2.05) is 0 Å². The van der Waals surface area contributed by atoms with Crippen molar-refractivity contribution in [3.8, 4) is 0 Å². The normalized spacial score (nSPS) is 15.2. The molecule has 3 nitrogen and oxygen atoms in total. The van der Waals surface area contributed by atoms with Crippen molar-refractivity contribution in [2.45, 2.75) is 25.6 Å². The van der Waals surface area contributed by atoms with Crippen LogP contribution in [0.4, 0.5) is 4.39 Å². The summed E-state index contributed by atoms with van der Waals surface area (Å²) in [4.78, 5) is 0. The van der Waals surface area contributed by atoms with E-state index >= 15 is 0 Å². The molecule has 0 amide bonds. The number of nitrogens with two attached hydrogens (primary N) is 2. The highest BCUT2D eigenvalue weighted by Gasteiger charge is 2.13. The van der Waals surface area contributed by atoms with Gasteiger partial charge in [0.1, 0.15) is 5.82 Å². The van der Waals surface area contributed by atoms with Crippen LogP contribution in [0.1, 0.15) is 24.1 Å². The summed E-state index contributed by atoms with van der Waals surface area (Å²) in [6.07, 6.45) is -0.696. The van der Waals surface area contributed by atoms with Crippen molar-refractivity contribution in [1.82, 2.24) is 0 Å². The van der Waals surface area contributed by atoms with Gasteiger partial charge in [-0.15, -0.1) is 0 Å². The van der Waals surface area contributed by atoms with Crippen LogP contribution in [-0.2, 0) is 6.54 Å². The van der Waals surface area contributed by atoms with Gasteiger partial charge >= 0.3 is 0 Å². The molecule has 0 radical (unpaired) electrons. The Balaban J connectivity index is 2.96. The number of hydrogen-bond acceptors (Lipinski definition) is 3. The Morgan fingerprint density at radius 2 is 2.14 bits per heavy atom. The summed E-state index contributed by atoms with van der Waals surface area (Å²) in [7, 11) is 0. The fourth-order valence-corrected chi connectivity index (χ4v) is 1.21. The molecular formula is C10H15FN2O. The molecule has 0 saturated carbocycles. The second kappa shape index (κ2) is 4.50. The molecule has 2 atom stereocenters. The molecule has 0 spiro atoms. The Hall–Kier alpha value is -0.970. The van der Waals surface area contributed by atoms with E-state index in [-0.39, 0.29) is 12.4 Å². The quantitative estimate of drug-likeness (QED) is 0.668. The lowest BCUT2D eigenvalue weighted by molar-refractivity contribution is 0.164. The molecule has 0 aliphatic heterocycles. The van der Waals surface area contributed by atoms with Crippen LogP contribution in [0.3, 0.4) is 0 Å². The first-order valence-electron chi connectivity index (χ1n) is 4.48. The number of benzene rings is 1. The van der Waals surface area contributed by atoms with E-state index in [0.29, 0.717) is 11.1 Å². The van der Waals surface area contributed by atoms with Crippen LogP contribution in [0.25, 0.3) is 0 Å². The van der Waals surface area contributed by atoms with Crippen LogP contribution in [0, 0.1) is 5.82 Å². The van der Waals surface area contributed by atoms with Crippen molar-refractivity contribution in [1.29, 1.82) is 0 Å². The molecule has 1 aromatic rings. The summed E-state index contributed by atoms with van der Waals surface area (Å²) in [5, 5.41) is 9.22. The largest absolute Gasteiger partial charge is 0.391 e. The van der Waals surface area contributed by atoms with Gasteiger partial charge < -0.3 is 16.6 Å². The van der Waals surface area contributed by atoms with Crippen molar-refractivity contribution >= 4 is 0 Å². The highest BCUT2D eigenvalue weighted by Crippen LogP contribution is 2.17. The highest BCUT2D eigenvalue weighted by molar-refractivity contribution is 5.26. The molecule has 14 heavy (non-hydrogen) atoms. The zero-order valence-electron chi connectivity index (χ0n) is 8.07. The molecule has 0 bridgehead atoms. The Morgan fingerprint density at radius 1 is 1.50 bits per heavy atom. The molecule has 0 fully saturated rings. The number of rotatable bonds is 3. The van der Waals surface area contributed by atoms with Crippen LogP contribution in [0.2, 0.25) is 0 Å².